The number of rotatable bonds is 11. The minimum Gasteiger partial charge on any atom is -0.477 e. The van der Waals surface area contributed by atoms with E-state index >= 15 is 0 Å². The fourth-order valence-corrected chi connectivity index (χ4v) is 5.39. The number of halogens is 2. The van der Waals surface area contributed by atoms with Crippen LogP contribution in [-0.4, -0.2) is 78.9 Å². The van der Waals surface area contributed by atoms with Crippen molar-refractivity contribution in [1.82, 2.24) is 25.2 Å². The molecule has 1 aliphatic heterocycles. The second kappa shape index (κ2) is 12.7. The smallest absolute Gasteiger partial charge is 0.355 e. The molecule has 3 aromatic rings. The van der Waals surface area contributed by atoms with Crippen LogP contribution in [0.1, 0.15) is 35.3 Å². The Balaban J connectivity index is 1.59. The number of aromatic nitrogens is 3. The van der Waals surface area contributed by atoms with Crippen LogP contribution in [0.5, 0.6) is 5.88 Å². The summed E-state index contributed by atoms with van der Waals surface area (Å²) in [4.78, 5) is 28.9. The molecule has 2 atom stereocenters. The number of thiazole rings is 1. The van der Waals surface area contributed by atoms with Gasteiger partial charge in [0, 0.05) is 31.0 Å². The van der Waals surface area contributed by atoms with E-state index in [1.807, 2.05) is 18.6 Å². The molecule has 1 amide bonds. The second-order valence-electron chi connectivity index (χ2n) is 8.58. The first-order valence-corrected chi connectivity index (χ1v) is 14.5. The molecule has 39 heavy (non-hydrogen) atoms. The van der Waals surface area contributed by atoms with Gasteiger partial charge in [0.1, 0.15) is 5.69 Å². The molecular formula is C24H28F2N6O5S2. The molecule has 1 saturated heterocycles. The Morgan fingerprint density at radius 1 is 1.23 bits per heavy atom. The van der Waals surface area contributed by atoms with Gasteiger partial charge in [-0.3, -0.25) is 19.4 Å². The van der Waals surface area contributed by atoms with Crippen molar-refractivity contribution >= 4 is 33.0 Å². The summed E-state index contributed by atoms with van der Waals surface area (Å²) in [6.07, 6.45) is 4.57. The van der Waals surface area contributed by atoms with Crippen molar-refractivity contribution in [2.45, 2.75) is 31.7 Å². The summed E-state index contributed by atoms with van der Waals surface area (Å²) in [7, 11) is -4.86. The number of morpholine rings is 1. The van der Waals surface area contributed by atoms with Gasteiger partial charge in [0.2, 0.25) is 5.88 Å². The maximum absolute atomic E-state index is 13.4. The zero-order valence-corrected chi connectivity index (χ0v) is 22.8. The molecule has 0 bridgehead atoms. The molecule has 2 N–H and O–H groups in total. The van der Waals surface area contributed by atoms with Gasteiger partial charge < -0.3 is 14.8 Å². The summed E-state index contributed by atoms with van der Waals surface area (Å²) in [5.74, 6) is -3.68. The molecule has 0 radical (unpaired) electrons. The van der Waals surface area contributed by atoms with Gasteiger partial charge in [0.05, 0.1) is 43.1 Å². The highest BCUT2D eigenvalue weighted by atomic mass is 32.2. The molecule has 4 rings (SSSR count). The SMILES string of the molecule is CCOc1cncc(-c2cnc(C(=O)N[C@H](c3cccc(NS(=O)(=O)C(F)F)c3)[C@@H](C)N3CCOCC3)s2)n1. The van der Waals surface area contributed by atoms with E-state index in [4.69, 9.17) is 9.47 Å². The lowest BCUT2D eigenvalue weighted by Crippen LogP contribution is -2.49. The molecule has 2 aromatic heterocycles. The third-order valence-corrected chi connectivity index (χ3v) is 8.00. The summed E-state index contributed by atoms with van der Waals surface area (Å²) < 4.78 is 62.0. The summed E-state index contributed by atoms with van der Waals surface area (Å²) >= 11 is 1.13. The molecule has 210 valence electrons. The highest BCUT2D eigenvalue weighted by Crippen LogP contribution is 2.28. The van der Waals surface area contributed by atoms with E-state index in [9.17, 15) is 22.0 Å². The first kappa shape index (κ1) is 28.7. The molecule has 3 heterocycles. The fraction of sp³-hybridized carbons (Fsp3) is 0.417. The number of hydrogen-bond donors (Lipinski definition) is 2. The standard InChI is InChI=1S/C24H28F2N6O5S2/c1-3-37-20-14-27-12-18(29-20)19-13-28-23(38-19)22(33)30-21(15(2)32-7-9-36-10-8-32)16-5-4-6-17(11-16)31-39(34,35)24(25)26/h4-6,11-15,21,24,31H,3,7-10H2,1-2H3,(H,30,33)/t15-,21+/m1/s1. The molecule has 1 fully saturated rings. The van der Waals surface area contributed by atoms with E-state index in [1.54, 1.807) is 12.3 Å². The van der Waals surface area contributed by atoms with Crippen LogP contribution in [0, 0.1) is 0 Å². The van der Waals surface area contributed by atoms with Crippen molar-refractivity contribution in [2.24, 2.45) is 0 Å². The van der Waals surface area contributed by atoms with Gasteiger partial charge in [-0.05, 0) is 31.5 Å². The minimum absolute atomic E-state index is 0.0366. The van der Waals surface area contributed by atoms with E-state index in [0.717, 1.165) is 11.3 Å². The average Bonchev–Trinajstić information content (AvgIpc) is 3.43. The van der Waals surface area contributed by atoms with E-state index in [0.29, 0.717) is 54.9 Å². The maximum Gasteiger partial charge on any atom is 0.355 e. The Hall–Kier alpha value is -3.27. The number of ether oxygens (including phenoxy) is 2. The normalized spacial score (nSPS) is 16.0. The highest BCUT2D eigenvalue weighted by Gasteiger charge is 2.30. The van der Waals surface area contributed by atoms with Gasteiger partial charge in [-0.25, -0.2) is 18.4 Å². The summed E-state index contributed by atoms with van der Waals surface area (Å²) in [5.41, 5.74) is 1.00. The van der Waals surface area contributed by atoms with Crippen molar-refractivity contribution in [2.75, 3.05) is 37.6 Å². The van der Waals surface area contributed by atoms with Crippen molar-refractivity contribution in [1.29, 1.82) is 0 Å². The number of carbonyl (C=O) groups excluding carboxylic acids is 1. The number of anilines is 1. The predicted molar refractivity (Wildman–Crippen MR) is 141 cm³/mol. The number of carbonyl (C=O) groups is 1. The van der Waals surface area contributed by atoms with Gasteiger partial charge in [-0.2, -0.15) is 8.78 Å². The van der Waals surface area contributed by atoms with E-state index in [2.05, 4.69) is 25.2 Å². The van der Waals surface area contributed by atoms with Crippen molar-refractivity contribution in [3.8, 4) is 16.5 Å². The van der Waals surface area contributed by atoms with Crippen LogP contribution in [0.2, 0.25) is 0 Å². The molecule has 0 aliphatic carbocycles. The van der Waals surface area contributed by atoms with Gasteiger partial charge in [-0.15, -0.1) is 11.3 Å². The fourth-order valence-electron chi connectivity index (χ4n) is 4.07. The number of nitrogens with one attached hydrogen (secondary N) is 2. The predicted octanol–water partition coefficient (Wildman–Crippen LogP) is 3.15. The molecule has 1 aliphatic rings. The van der Waals surface area contributed by atoms with E-state index in [1.165, 1.54) is 30.6 Å². The molecule has 0 spiro atoms. The zero-order valence-electron chi connectivity index (χ0n) is 21.2. The Morgan fingerprint density at radius 2 is 2.00 bits per heavy atom. The Bertz CT molecular complexity index is 1380. The summed E-state index contributed by atoms with van der Waals surface area (Å²) in [5, 5.41) is 3.18. The minimum atomic E-state index is -4.86. The molecule has 15 heteroatoms. The lowest BCUT2D eigenvalue weighted by atomic mass is 9.98. The maximum atomic E-state index is 13.4. The first-order valence-electron chi connectivity index (χ1n) is 12.1. The largest absolute Gasteiger partial charge is 0.477 e. The quantitative estimate of drug-likeness (QED) is 0.349. The summed E-state index contributed by atoms with van der Waals surface area (Å²) in [6.45, 7) is 6.49. The van der Waals surface area contributed by atoms with Crippen LogP contribution < -0.4 is 14.8 Å². The number of alkyl halides is 2. The second-order valence-corrected chi connectivity index (χ2v) is 11.3. The van der Waals surface area contributed by atoms with Gasteiger partial charge >= 0.3 is 5.76 Å². The Morgan fingerprint density at radius 3 is 2.72 bits per heavy atom. The monoisotopic (exact) mass is 582 g/mol. The lowest BCUT2D eigenvalue weighted by molar-refractivity contribution is 0.0121. The number of benzene rings is 1. The van der Waals surface area contributed by atoms with Crippen LogP contribution in [0.15, 0.2) is 42.9 Å². The van der Waals surface area contributed by atoms with Crippen LogP contribution in [0.3, 0.4) is 0 Å². The van der Waals surface area contributed by atoms with Crippen molar-refractivity contribution in [3.05, 3.63) is 53.4 Å². The van der Waals surface area contributed by atoms with E-state index < -0.39 is 27.7 Å². The van der Waals surface area contributed by atoms with E-state index in [-0.39, 0.29) is 16.7 Å². The van der Waals surface area contributed by atoms with Crippen LogP contribution in [0.4, 0.5) is 14.5 Å². The first-order chi connectivity index (χ1) is 18.7. The highest BCUT2D eigenvalue weighted by molar-refractivity contribution is 7.93. The Labute approximate surface area is 228 Å². The van der Waals surface area contributed by atoms with Crippen LogP contribution in [-0.2, 0) is 14.8 Å². The summed E-state index contributed by atoms with van der Waals surface area (Å²) in [6, 6.07) is 5.17. The molecular weight excluding hydrogens is 554 g/mol. The number of nitrogens with zero attached hydrogens (tertiary/aromatic N) is 4. The molecule has 11 nitrogen and oxygen atoms in total. The molecule has 0 unspecified atom stereocenters. The Kier molecular flexibility index (Phi) is 9.37. The van der Waals surface area contributed by atoms with Crippen LogP contribution >= 0.6 is 11.3 Å². The van der Waals surface area contributed by atoms with Crippen molar-refractivity contribution < 1.29 is 31.5 Å². The van der Waals surface area contributed by atoms with Gasteiger partial charge in [0.25, 0.3) is 15.9 Å². The molecule has 1 aromatic carbocycles. The third-order valence-electron chi connectivity index (χ3n) is 5.99. The lowest BCUT2D eigenvalue weighted by Gasteiger charge is -2.37. The average molecular weight is 583 g/mol. The number of sulfonamides is 1. The number of amides is 1. The third kappa shape index (κ3) is 7.23. The van der Waals surface area contributed by atoms with Gasteiger partial charge in [0.15, 0.2) is 5.01 Å². The van der Waals surface area contributed by atoms with Gasteiger partial charge in [-0.1, -0.05) is 12.1 Å². The van der Waals surface area contributed by atoms with Crippen LogP contribution in [0.25, 0.3) is 10.6 Å². The zero-order chi connectivity index (χ0) is 28.0. The topological polar surface area (TPSA) is 136 Å². The van der Waals surface area contributed by atoms with Crippen molar-refractivity contribution in [3.63, 3.8) is 0 Å². The molecule has 0 saturated carbocycles. The number of hydrogen-bond acceptors (Lipinski definition) is 10.